The number of aromatic nitrogens is 2. The standard InChI is InChI=1S/C13H22N4/c1-3-14-13-15-10-9-12(16-13)17(2)11-7-5-4-6-8-11/h9-11H,3-8H2,1-2H3,(H,14,15,16). The average Bonchev–Trinajstić information content (AvgIpc) is 2.40. The van der Waals surface area contributed by atoms with Gasteiger partial charge in [-0.05, 0) is 25.8 Å². The summed E-state index contributed by atoms with van der Waals surface area (Å²) in [6.45, 7) is 2.91. The first-order valence-electron chi connectivity index (χ1n) is 6.61. The topological polar surface area (TPSA) is 41.1 Å². The van der Waals surface area contributed by atoms with Gasteiger partial charge in [0, 0.05) is 25.8 Å². The van der Waals surface area contributed by atoms with Crippen molar-refractivity contribution in [1.82, 2.24) is 9.97 Å². The highest BCUT2D eigenvalue weighted by Crippen LogP contribution is 2.25. The number of hydrogen-bond acceptors (Lipinski definition) is 4. The number of hydrogen-bond donors (Lipinski definition) is 1. The van der Waals surface area contributed by atoms with E-state index in [9.17, 15) is 0 Å². The lowest BCUT2D eigenvalue weighted by Crippen LogP contribution is -2.34. The lowest BCUT2D eigenvalue weighted by molar-refractivity contribution is 0.426. The van der Waals surface area contributed by atoms with Gasteiger partial charge in [-0.15, -0.1) is 0 Å². The molecule has 1 aromatic heterocycles. The quantitative estimate of drug-likeness (QED) is 0.869. The molecule has 1 aliphatic rings. The van der Waals surface area contributed by atoms with Gasteiger partial charge >= 0.3 is 0 Å². The van der Waals surface area contributed by atoms with E-state index >= 15 is 0 Å². The Morgan fingerprint density at radius 2 is 2.12 bits per heavy atom. The Balaban J connectivity index is 2.06. The molecule has 1 saturated carbocycles. The van der Waals surface area contributed by atoms with Gasteiger partial charge in [0.1, 0.15) is 5.82 Å². The van der Waals surface area contributed by atoms with Crippen LogP contribution in [0.25, 0.3) is 0 Å². The zero-order valence-corrected chi connectivity index (χ0v) is 10.8. The maximum atomic E-state index is 4.54. The van der Waals surface area contributed by atoms with Crippen molar-refractivity contribution in [2.24, 2.45) is 0 Å². The van der Waals surface area contributed by atoms with Gasteiger partial charge in [0.15, 0.2) is 0 Å². The van der Waals surface area contributed by atoms with Crippen molar-refractivity contribution in [1.29, 1.82) is 0 Å². The Morgan fingerprint density at radius 1 is 1.35 bits per heavy atom. The first-order valence-corrected chi connectivity index (χ1v) is 6.61. The molecule has 0 aromatic carbocycles. The minimum absolute atomic E-state index is 0.646. The smallest absolute Gasteiger partial charge is 0.224 e. The Labute approximate surface area is 103 Å². The fraction of sp³-hybridized carbons (Fsp3) is 0.692. The zero-order valence-electron chi connectivity index (χ0n) is 10.8. The summed E-state index contributed by atoms with van der Waals surface area (Å²) in [7, 11) is 2.15. The average molecular weight is 234 g/mol. The molecule has 1 N–H and O–H groups in total. The van der Waals surface area contributed by atoms with Gasteiger partial charge in [0.25, 0.3) is 0 Å². The monoisotopic (exact) mass is 234 g/mol. The van der Waals surface area contributed by atoms with E-state index in [1.807, 2.05) is 12.3 Å². The second kappa shape index (κ2) is 5.84. The molecule has 0 atom stereocenters. The van der Waals surface area contributed by atoms with Crippen LogP contribution in [-0.2, 0) is 0 Å². The third kappa shape index (κ3) is 3.08. The van der Waals surface area contributed by atoms with Crippen molar-refractivity contribution in [2.75, 3.05) is 23.8 Å². The number of nitrogens with one attached hydrogen (secondary N) is 1. The third-order valence-corrected chi connectivity index (χ3v) is 3.46. The summed E-state index contributed by atoms with van der Waals surface area (Å²) in [5.41, 5.74) is 0. The summed E-state index contributed by atoms with van der Waals surface area (Å²) >= 11 is 0. The molecular formula is C13H22N4. The number of anilines is 2. The fourth-order valence-electron chi connectivity index (χ4n) is 2.44. The minimum atomic E-state index is 0.646. The molecule has 1 aromatic rings. The van der Waals surface area contributed by atoms with Crippen LogP contribution in [0.2, 0.25) is 0 Å². The maximum Gasteiger partial charge on any atom is 0.224 e. The highest BCUT2D eigenvalue weighted by molar-refractivity contribution is 5.42. The van der Waals surface area contributed by atoms with Crippen molar-refractivity contribution in [3.63, 3.8) is 0 Å². The molecule has 4 heteroatoms. The molecule has 4 nitrogen and oxygen atoms in total. The molecule has 94 valence electrons. The van der Waals surface area contributed by atoms with Crippen LogP contribution in [0, 0.1) is 0 Å². The van der Waals surface area contributed by atoms with E-state index in [2.05, 4.69) is 34.2 Å². The van der Waals surface area contributed by atoms with Gasteiger partial charge in [-0.3, -0.25) is 0 Å². The zero-order chi connectivity index (χ0) is 12.1. The van der Waals surface area contributed by atoms with Gasteiger partial charge < -0.3 is 10.2 Å². The van der Waals surface area contributed by atoms with Gasteiger partial charge in [-0.2, -0.15) is 4.98 Å². The molecule has 0 aliphatic heterocycles. The largest absolute Gasteiger partial charge is 0.357 e. The van der Waals surface area contributed by atoms with Crippen LogP contribution in [0.1, 0.15) is 39.0 Å². The lowest BCUT2D eigenvalue weighted by Gasteiger charge is -2.32. The van der Waals surface area contributed by atoms with E-state index in [-0.39, 0.29) is 0 Å². The van der Waals surface area contributed by atoms with Gasteiger partial charge in [-0.1, -0.05) is 19.3 Å². The summed E-state index contributed by atoms with van der Waals surface area (Å²) in [6, 6.07) is 2.64. The van der Waals surface area contributed by atoms with Crippen molar-refractivity contribution < 1.29 is 0 Å². The van der Waals surface area contributed by atoms with Crippen LogP contribution in [0.3, 0.4) is 0 Å². The highest BCUT2D eigenvalue weighted by atomic mass is 15.2. The Hall–Kier alpha value is -1.32. The Morgan fingerprint density at radius 3 is 2.82 bits per heavy atom. The van der Waals surface area contributed by atoms with E-state index in [4.69, 9.17) is 0 Å². The predicted molar refractivity (Wildman–Crippen MR) is 71.5 cm³/mol. The molecule has 0 amide bonds. The van der Waals surface area contributed by atoms with E-state index in [0.717, 1.165) is 18.3 Å². The van der Waals surface area contributed by atoms with Gasteiger partial charge in [-0.25, -0.2) is 4.98 Å². The molecule has 1 fully saturated rings. The molecule has 0 unspecified atom stereocenters. The first-order chi connectivity index (χ1) is 8.31. The molecule has 17 heavy (non-hydrogen) atoms. The molecule has 0 bridgehead atoms. The summed E-state index contributed by atoms with van der Waals surface area (Å²) in [4.78, 5) is 11.1. The van der Waals surface area contributed by atoms with E-state index in [1.165, 1.54) is 32.1 Å². The Bertz CT molecular complexity index is 347. The second-order valence-electron chi connectivity index (χ2n) is 4.67. The van der Waals surface area contributed by atoms with Crippen LogP contribution in [0.4, 0.5) is 11.8 Å². The molecule has 0 spiro atoms. The van der Waals surface area contributed by atoms with Crippen LogP contribution >= 0.6 is 0 Å². The van der Waals surface area contributed by atoms with E-state index in [1.54, 1.807) is 0 Å². The van der Waals surface area contributed by atoms with Crippen LogP contribution in [0.5, 0.6) is 0 Å². The summed E-state index contributed by atoms with van der Waals surface area (Å²) in [5, 5.41) is 3.16. The van der Waals surface area contributed by atoms with Crippen molar-refractivity contribution in [3.05, 3.63) is 12.3 Å². The number of rotatable bonds is 4. The summed E-state index contributed by atoms with van der Waals surface area (Å²) < 4.78 is 0. The number of nitrogens with zero attached hydrogens (tertiary/aromatic N) is 3. The summed E-state index contributed by atoms with van der Waals surface area (Å²) in [6.07, 6.45) is 8.49. The summed E-state index contributed by atoms with van der Waals surface area (Å²) in [5.74, 6) is 1.76. The van der Waals surface area contributed by atoms with Crippen LogP contribution in [0.15, 0.2) is 12.3 Å². The minimum Gasteiger partial charge on any atom is -0.357 e. The van der Waals surface area contributed by atoms with E-state index in [0.29, 0.717) is 6.04 Å². The third-order valence-electron chi connectivity index (χ3n) is 3.46. The maximum absolute atomic E-state index is 4.54. The SMILES string of the molecule is CCNc1nccc(N(C)C2CCCCC2)n1. The molecule has 1 aliphatic carbocycles. The van der Waals surface area contributed by atoms with Crippen molar-refractivity contribution in [3.8, 4) is 0 Å². The van der Waals surface area contributed by atoms with Crippen LogP contribution < -0.4 is 10.2 Å². The fourth-order valence-corrected chi connectivity index (χ4v) is 2.44. The van der Waals surface area contributed by atoms with Crippen molar-refractivity contribution >= 4 is 11.8 Å². The normalized spacial score (nSPS) is 16.8. The van der Waals surface area contributed by atoms with E-state index < -0.39 is 0 Å². The highest BCUT2D eigenvalue weighted by Gasteiger charge is 2.19. The van der Waals surface area contributed by atoms with Crippen molar-refractivity contribution in [2.45, 2.75) is 45.1 Å². The molecule has 2 rings (SSSR count). The molecule has 0 saturated heterocycles. The molecule has 1 heterocycles. The Kier molecular flexibility index (Phi) is 4.18. The van der Waals surface area contributed by atoms with Crippen LogP contribution in [-0.4, -0.2) is 29.6 Å². The molecule has 0 radical (unpaired) electrons. The van der Waals surface area contributed by atoms with Gasteiger partial charge in [0.2, 0.25) is 5.95 Å². The van der Waals surface area contributed by atoms with Gasteiger partial charge in [0.05, 0.1) is 0 Å². The lowest BCUT2D eigenvalue weighted by atomic mass is 9.94. The predicted octanol–water partition coefficient (Wildman–Crippen LogP) is 2.68. The first kappa shape index (κ1) is 12.1. The second-order valence-corrected chi connectivity index (χ2v) is 4.67. The molecular weight excluding hydrogens is 212 g/mol.